The normalized spacial score (nSPS) is 16.5. The number of hydrogen-bond donors (Lipinski definition) is 2. The summed E-state index contributed by atoms with van der Waals surface area (Å²) < 4.78 is 1.76. The van der Waals surface area contributed by atoms with Crippen molar-refractivity contribution < 1.29 is 4.79 Å². The molecule has 2 aromatic heterocycles. The van der Waals surface area contributed by atoms with Crippen LogP contribution in [0.15, 0.2) is 60.8 Å². The van der Waals surface area contributed by atoms with E-state index in [1.54, 1.807) is 4.68 Å². The molecular weight excluding hydrogens is 390 g/mol. The molecule has 8 nitrogen and oxygen atoms in total. The van der Waals surface area contributed by atoms with Gasteiger partial charge in [0, 0.05) is 5.56 Å². The van der Waals surface area contributed by atoms with Gasteiger partial charge in [-0.2, -0.15) is 15.4 Å². The minimum absolute atomic E-state index is 0.0541. The average molecular weight is 413 g/mol. The number of aromatic nitrogens is 6. The van der Waals surface area contributed by atoms with Crippen LogP contribution in [0.5, 0.6) is 0 Å². The topological polar surface area (TPSA) is 101 Å². The predicted octanol–water partition coefficient (Wildman–Crippen LogP) is 3.35. The van der Waals surface area contributed by atoms with E-state index in [9.17, 15) is 4.79 Å². The number of aryl methyl sites for hydroxylation is 1. The van der Waals surface area contributed by atoms with Crippen molar-refractivity contribution in [2.75, 3.05) is 0 Å². The largest absolute Gasteiger partial charge is 0.347 e. The van der Waals surface area contributed by atoms with Gasteiger partial charge in [0.05, 0.1) is 35.2 Å². The Kier molecular flexibility index (Phi) is 5.03. The number of fused-ring (bicyclic) bond motifs is 1. The number of hydrogen-bond acceptors (Lipinski definition) is 5. The van der Waals surface area contributed by atoms with Crippen LogP contribution >= 0.6 is 0 Å². The fourth-order valence-corrected chi connectivity index (χ4v) is 4.11. The van der Waals surface area contributed by atoms with Gasteiger partial charge in [0.1, 0.15) is 5.69 Å². The zero-order valence-electron chi connectivity index (χ0n) is 17.2. The number of nitrogens with one attached hydrogen (secondary N) is 2. The zero-order chi connectivity index (χ0) is 21.2. The van der Waals surface area contributed by atoms with Crippen molar-refractivity contribution in [1.82, 2.24) is 35.7 Å². The first-order valence-electron chi connectivity index (χ1n) is 10.5. The second-order valence-electron chi connectivity index (χ2n) is 7.80. The molecule has 0 bridgehead atoms. The maximum absolute atomic E-state index is 12.9. The highest BCUT2D eigenvalue weighted by Gasteiger charge is 2.31. The molecule has 0 spiro atoms. The minimum Gasteiger partial charge on any atom is -0.347 e. The van der Waals surface area contributed by atoms with Crippen LogP contribution in [0.2, 0.25) is 0 Å². The molecule has 2 heterocycles. The van der Waals surface area contributed by atoms with Gasteiger partial charge in [0.25, 0.3) is 0 Å². The summed E-state index contributed by atoms with van der Waals surface area (Å²) in [5.41, 5.74) is 5.46. The van der Waals surface area contributed by atoms with Crippen LogP contribution < -0.4 is 5.32 Å². The quantitative estimate of drug-likeness (QED) is 0.522. The Hall–Kier alpha value is -3.81. The van der Waals surface area contributed by atoms with E-state index in [2.05, 4.69) is 49.2 Å². The number of nitrogens with zero attached hydrogens (tertiary/aromatic N) is 5. The van der Waals surface area contributed by atoms with Crippen molar-refractivity contribution >= 4 is 5.91 Å². The van der Waals surface area contributed by atoms with E-state index in [4.69, 9.17) is 0 Å². The van der Waals surface area contributed by atoms with E-state index in [0.717, 1.165) is 47.5 Å². The predicted molar refractivity (Wildman–Crippen MR) is 115 cm³/mol. The molecule has 0 fully saturated rings. The second-order valence-corrected chi connectivity index (χ2v) is 7.80. The van der Waals surface area contributed by atoms with Gasteiger partial charge in [-0.1, -0.05) is 53.7 Å². The van der Waals surface area contributed by atoms with Crippen LogP contribution in [0.4, 0.5) is 0 Å². The molecule has 2 aromatic carbocycles. The number of carbonyl (C=O) groups is 1. The average Bonchev–Trinajstić information content (AvgIpc) is 3.49. The van der Waals surface area contributed by atoms with E-state index in [0.29, 0.717) is 5.69 Å². The van der Waals surface area contributed by atoms with Crippen molar-refractivity contribution in [2.45, 2.75) is 38.1 Å². The van der Waals surface area contributed by atoms with Gasteiger partial charge in [-0.05, 0) is 37.8 Å². The molecule has 156 valence electrons. The molecule has 5 rings (SSSR count). The van der Waals surface area contributed by atoms with E-state index in [1.807, 2.05) is 49.5 Å². The van der Waals surface area contributed by atoms with E-state index in [-0.39, 0.29) is 17.9 Å². The van der Waals surface area contributed by atoms with Crippen LogP contribution in [0.25, 0.3) is 16.8 Å². The van der Waals surface area contributed by atoms with E-state index in [1.165, 1.54) is 0 Å². The zero-order valence-corrected chi connectivity index (χ0v) is 17.2. The van der Waals surface area contributed by atoms with Gasteiger partial charge in [-0.3, -0.25) is 4.79 Å². The molecule has 0 radical (unpaired) electrons. The van der Waals surface area contributed by atoms with Crippen LogP contribution in [-0.4, -0.2) is 36.3 Å². The number of amides is 1. The Morgan fingerprint density at radius 1 is 1.13 bits per heavy atom. The fraction of sp³-hybridized carbons (Fsp3) is 0.261. The lowest BCUT2D eigenvalue weighted by molar-refractivity contribution is -0.123. The molecule has 2 atom stereocenters. The van der Waals surface area contributed by atoms with Crippen molar-refractivity contribution in [2.24, 2.45) is 0 Å². The number of aromatic amines is 1. The number of H-pyrrole nitrogens is 1. The summed E-state index contributed by atoms with van der Waals surface area (Å²) in [5, 5.41) is 22.7. The molecule has 2 unspecified atom stereocenters. The highest BCUT2D eigenvalue weighted by atomic mass is 16.2. The highest BCUT2D eigenvalue weighted by Crippen LogP contribution is 2.30. The lowest BCUT2D eigenvalue weighted by Crippen LogP contribution is -2.33. The molecule has 8 heteroatoms. The molecular formula is C23H23N7O. The van der Waals surface area contributed by atoms with Gasteiger partial charge >= 0.3 is 0 Å². The molecule has 1 aliphatic carbocycles. The van der Waals surface area contributed by atoms with Crippen molar-refractivity contribution in [3.8, 4) is 16.8 Å². The van der Waals surface area contributed by atoms with Crippen LogP contribution in [0.1, 0.15) is 48.8 Å². The Bertz CT molecular complexity index is 1200. The summed E-state index contributed by atoms with van der Waals surface area (Å²) >= 11 is 0. The number of para-hydroxylation sites is 1. The SMILES string of the molecule is CC(NC(=O)C1CCCc2n[nH]nc21)c1cn(-c2ccccc2-c2ccccc2)nn1. The summed E-state index contributed by atoms with van der Waals surface area (Å²) in [4.78, 5) is 12.9. The summed E-state index contributed by atoms with van der Waals surface area (Å²) in [6, 6.07) is 18.0. The van der Waals surface area contributed by atoms with Crippen LogP contribution in [0.3, 0.4) is 0 Å². The Balaban J connectivity index is 1.36. The standard InChI is InChI=1S/C23H23N7O/c1-15(24-23(31)18-11-7-12-19-22(18)27-28-25-19)20-14-30(29-26-20)21-13-6-5-10-17(21)16-8-3-2-4-9-16/h2-6,8-10,13-15,18H,7,11-12H2,1H3,(H,24,31)(H,25,27,28). The third-order valence-electron chi connectivity index (χ3n) is 5.75. The third-order valence-corrected chi connectivity index (χ3v) is 5.75. The second kappa shape index (κ2) is 8.14. The van der Waals surface area contributed by atoms with Crippen LogP contribution in [0, 0.1) is 0 Å². The first-order valence-corrected chi connectivity index (χ1v) is 10.5. The maximum Gasteiger partial charge on any atom is 0.229 e. The van der Waals surface area contributed by atoms with E-state index < -0.39 is 0 Å². The molecule has 4 aromatic rings. The molecule has 0 aliphatic heterocycles. The van der Waals surface area contributed by atoms with Crippen molar-refractivity contribution in [3.63, 3.8) is 0 Å². The molecule has 1 amide bonds. The van der Waals surface area contributed by atoms with Crippen LogP contribution in [-0.2, 0) is 11.2 Å². The van der Waals surface area contributed by atoms with E-state index >= 15 is 0 Å². The first kappa shape index (κ1) is 19.2. The number of benzene rings is 2. The fourth-order valence-electron chi connectivity index (χ4n) is 4.11. The van der Waals surface area contributed by atoms with Gasteiger partial charge < -0.3 is 5.32 Å². The first-order chi connectivity index (χ1) is 15.2. The molecule has 0 saturated carbocycles. The third kappa shape index (κ3) is 3.72. The highest BCUT2D eigenvalue weighted by molar-refractivity contribution is 5.84. The van der Waals surface area contributed by atoms with Crippen molar-refractivity contribution in [3.05, 3.63) is 77.9 Å². The number of carbonyl (C=O) groups excluding carboxylic acids is 1. The molecule has 0 saturated heterocycles. The smallest absolute Gasteiger partial charge is 0.229 e. The lowest BCUT2D eigenvalue weighted by Gasteiger charge is -2.21. The molecule has 2 N–H and O–H groups in total. The summed E-state index contributed by atoms with van der Waals surface area (Å²) in [6.07, 6.45) is 4.43. The monoisotopic (exact) mass is 413 g/mol. The van der Waals surface area contributed by atoms with Gasteiger partial charge in [0.2, 0.25) is 5.91 Å². The summed E-state index contributed by atoms with van der Waals surface area (Å²) in [6.45, 7) is 1.92. The Morgan fingerprint density at radius 2 is 1.94 bits per heavy atom. The summed E-state index contributed by atoms with van der Waals surface area (Å²) in [5.74, 6) is -0.333. The Labute approximate surface area is 179 Å². The Morgan fingerprint density at radius 3 is 2.81 bits per heavy atom. The van der Waals surface area contributed by atoms with Gasteiger partial charge in [-0.25, -0.2) is 4.68 Å². The lowest BCUT2D eigenvalue weighted by atomic mass is 9.89. The molecule has 31 heavy (non-hydrogen) atoms. The summed E-state index contributed by atoms with van der Waals surface area (Å²) in [7, 11) is 0. The van der Waals surface area contributed by atoms with Crippen molar-refractivity contribution in [1.29, 1.82) is 0 Å². The van der Waals surface area contributed by atoms with Gasteiger partial charge in [-0.15, -0.1) is 5.10 Å². The number of rotatable bonds is 5. The minimum atomic E-state index is -0.279. The molecule has 1 aliphatic rings. The maximum atomic E-state index is 12.9. The van der Waals surface area contributed by atoms with Gasteiger partial charge in [0.15, 0.2) is 0 Å².